The Kier molecular flexibility index (Phi) is 5.94. The number of aromatic nitrogens is 1. The van der Waals surface area contributed by atoms with Gasteiger partial charge in [0, 0.05) is 16.4 Å². The van der Waals surface area contributed by atoms with E-state index in [0.717, 1.165) is 21.1 Å². The molecule has 7 heteroatoms. The van der Waals surface area contributed by atoms with Crippen molar-refractivity contribution in [3.05, 3.63) is 64.7 Å². The van der Waals surface area contributed by atoms with E-state index >= 15 is 0 Å². The van der Waals surface area contributed by atoms with Crippen molar-refractivity contribution in [2.75, 3.05) is 6.61 Å². The number of rotatable bonds is 6. The molecule has 0 saturated carbocycles. The summed E-state index contributed by atoms with van der Waals surface area (Å²) in [6.45, 7) is 7.70. The standard InChI is InChI=1S/C21H20BrN3O3/c1-4-9-25-17-8-6-5-7-16(17)19(21(25)27)24-23-18(26)12-28-20-13(2)10-15(22)11-14(20)3/h4-8,10-11,27H,1,9,12H2,2-3H3. The molecule has 28 heavy (non-hydrogen) atoms. The summed E-state index contributed by atoms with van der Waals surface area (Å²) < 4.78 is 8.24. The summed E-state index contributed by atoms with van der Waals surface area (Å²) in [5.41, 5.74) is 2.88. The summed E-state index contributed by atoms with van der Waals surface area (Å²) in [6, 6.07) is 11.2. The van der Waals surface area contributed by atoms with Crippen LogP contribution in [0.25, 0.3) is 10.9 Å². The van der Waals surface area contributed by atoms with Gasteiger partial charge in [-0.3, -0.25) is 4.79 Å². The van der Waals surface area contributed by atoms with E-state index in [1.165, 1.54) is 0 Å². The Hall–Kier alpha value is -2.93. The van der Waals surface area contributed by atoms with Crippen LogP contribution in [0.2, 0.25) is 0 Å². The molecule has 0 fully saturated rings. The molecule has 1 heterocycles. The molecule has 0 spiro atoms. The van der Waals surface area contributed by atoms with Gasteiger partial charge in [-0.25, -0.2) is 0 Å². The molecule has 3 rings (SSSR count). The van der Waals surface area contributed by atoms with Crippen molar-refractivity contribution in [3.8, 4) is 11.6 Å². The zero-order valence-corrected chi connectivity index (χ0v) is 17.2. The van der Waals surface area contributed by atoms with Crippen LogP contribution in [0, 0.1) is 13.8 Å². The van der Waals surface area contributed by atoms with Gasteiger partial charge in [0.1, 0.15) is 5.75 Å². The van der Waals surface area contributed by atoms with E-state index in [1.54, 1.807) is 10.6 Å². The van der Waals surface area contributed by atoms with E-state index in [-0.39, 0.29) is 18.2 Å². The minimum Gasteiger partial charge on any atom is -0.493 e. The lowest BCUT2D eigenvalue weighted by Crippen LogP contribution is -2.09. The molecule has 6 nitrogen and oxygen atoms in total. The molecule has 1 aromatic heterocycles. The highest BCUT2D eigenvalue weighted by Crippen LogP contribution is 2.38. The predicted octanol–water partition coefficient (Wildman–Crippen LogP) is 5.60. The number of allylic oxidation sites excluding steroid dienone is 1. The van der Waals surface area contributed by atoms with Gasteiger partial charge in [0.05, 0.1) is 5.52 Å². The summed E-state index contributed by atoms with van der Waals surface area (Å²) in [5, 5.41) is 18.9. The van der Waals surface area contributed by atoms with Crippen LogP contribution >= 0.6 is 15.9 Å². The fraction of sp³-hybridized carbons (Fsp3) is 0.190. The third-order valence-corrected chi connectivity index (χ3v) is 4.71. The molecule has 144 valence electrons. The maximum Gasteiger partial charge on any atom is 0.302 e. The molecule has 0 radical (unpaired) electrons. The van der Waals surface area contributed by atoms with E-state index in [1.807, 2.05) is 50.2 Å². The number of azo groups is 1. The van der Waals surface area contributed by atoms with Gasteiger partial charge in [-0.1, -0.05) is 40.2 Å². The van der Waals surface area contributed by atoms with Crippen molar-refractivity contribution < 1.29 is 14.6 Å². The first kappa shape index (κ1) is 19.8. The number of hydrogen-bond donors (Lipinski definition) is 1. The predicted molar refractivity (Wildman–Crippen MR) is 112 cm³/mol. The molecule has 1 N–H and O–H groups in total. The Bertz CT molecular complexity index is 1060. The molecular formula is C21H20BrN3O3. The normalized spacial score (nSPS) is 11.2. The number of carbonyl (C=O) groups is 1. The van der Waals surface area contributed by atoms with Gasteiger partial charge in [-0.15, -0.1) is 16.8 Å². The highest BCUT2D eigenvalue weighted by Gasteiger charge is 2.16. The highest BCUT2D eigenvalue weighted by molar-refractivity contribution is 9.10. The molecule has 1 amide bonds. The van der Waals surface area contributed by atoms with Crippen molar-refractivity contribution in [1.82, 2.24) is 4.57 Å². The van der Waals surface area contributed by atoms with Gasteiger partial charge in [0.15, 0.2) is 12.3 Å². The molecular weight excluding hydrogens is 422 g/mol. The van der Waals surface area contributed by atoms with Crippen LogP contribution in [0.4, 0.5) is 5.69 Å². The fourth-order valence-electron chi connectivity index (χ4n) is 3.08. The number of carbonyl (C=O) groups excluding carboxylic acids is 1. The smallest absolute Gasteiger partial charge is 0.302 e. The van der Waals surface area contributed by atoms with Crippen LogP contribution in [0.15, 0.2) is 63.8 Å². The average Bonchev–Trinajstić information content (AvgIpc) is 2.91. The van der Waals surface area contributed by atoms with Gasteiger partial charge >= 0.3 is 5.91 Å². The van der Waals surface area contributed by atoms with Gasteiger partial charge < -0.3 is 14.4 Å². The monoisotopic (exact) mass is 441 g/mol. The number of ether oxygens (including phenoxy) is 1. The molecule has 0 aliphatic rings. The van der Waals surface area contributed by atoms with Crippen LogP contribution in [0.1, 0.15) is 11.1 Å². The van der Waals surface area contributed by atoms with Crippen molar-refractivity contribution in [2.45, 2.75) is 20.4 Å². The summed E-state index contributed by atoms with van der Waals surface area (Å²) in [4.78, 5) is 12.2. The quantitative estimate of drug-likeness (QED) is 0.399. The Balaban J connectivity index is 1.80. The van der Waals surface area contributed by atoms with E-state index in [2.05, 4.69) is 32.7 Å². The molecule has 0 saturated heterocycles. The first-order valence-corrected chi connectivity index (χ1v) is 9.47. The van der Waals surface area contributed by atoms with Crippen LogP contribution in [0.3, 0.4) is 0 Å². The molecule has 0 aliphatic heterocycles. The second kappa shape index (κ2) is 8.39. The van der Waals surface area contributed by atoms with Gasteiger partial charge in [-0.2, -0.15) is 0 Å². The Morgan fingerprint density at radius 3 is 2.64 bits per heavy atom. The summed E-state index contributed by atoms with van der Waals surface area (Å²) >= 11 is 3.43. The molecule has 0 unspecified atom stereocenters. The third-order valence-electron chi connectivity index (χ3n) is 4.26. The summed E-state index contributed by atoms with van der Waals surface area (Å²) in [5.74, 6) is 0.0528. The minimum absolute atomic E-state index is 0.0573. The largest absolute Gasteiger partial charge is 0.493 e. The number of amides is 1. The lowest BCUT2D eigenvalue weighted by Gasteiger charge is -2.10. The number of hydrogen-bond acceptors (Lipinski definition) is 4. The molecule has 0 atom stereocenters. The van der Waals surface area contributed by atoms with Crippen molar-refractivity contribution in [2.24, 2.45) is 10.2 Å². The SMILES string of the molecule is C=CCn1c(O)c(N=NC(=O)COc2c(C)cc(Br)cc2C)c2ccccc21. The lowest BCUT2D eigenvalue weighted by molar-refractivity contribution is -0.120. The van der Waals surface area contributed by atoms with Crippen molar-refractivity contribution in [1.29, 1.82) is 0 Å². The van der Waals surface area contributed by atoms with Crippen LogP contribution < -0.4 is 4.74 Å². The first-order chi connectivity index (χ1) is 13.4. The maximum absolute atomic E-state index is 12.2. The van der Waals surface area contributed by atoms with Crippen molar-refractivity contribution in [3.63, 3.8) is 0 Å². The van der Waals surface area contributed by atoms with Crippen LogP contribution in [-0.2, 0) is 11.3 Å². The Labute approximate surface area is 171 Å². The third kappa shape index (κ3) is 3.99. The molecule has 2 aromatic carbocycles. The number of aromatic hydroxyl groups is 1. The second-order valence-electron chi connectivity index (χ2n) is 6.34. The number of aryl methyl sites for hydroxylation is 2. The van der Waals surface area contributed by atoms with E-state index in [0.29, 0.717) is 17.7 Å². The van der Waals surface area contributed by atoms with Crippen LogP contribution in [-0.4, -0.2) is 22.2 Å². The Morgan fingerprint density at radius 2 is 1.96 bits per heavy atom. The molecule has 0 aliphatic carbocycles. The fourth-order valence-corrected chi connectivity index (χ4v) is 3.76. The zero-order chi connectivity index (χ0) is 20.3. The lowest BCUT2D eigenvalue weighted by atomic mass is 10.1. The second-order valence-corrected chi connectivity index (χ2v) is 7.26. The minimum atomic E-state index is -0.540. The summed E-state index contributed by atoms with van der Waals surface area (Å²) in [7, 11) is 0. The number of halogens is 1. The van der Waals surface area contributed by atoms with Crippen molar-refractivity contribution >= 4 is 38.4 Å². The van der Waals surface area contributed by atoms with Gasteiger partial charge in [0.25, 0.3) is 0 Å². The van der Waals surface area contributed by atoms with Crippen LogP contribution in [0.5, 0.6) is 11.6 Å². The first-order valence-electron chi connectivity index (χ1n) is 8.67. The number of para-hydroxylation sites is 1. The average molecular weight is 442 g/mol. The number of benzene rings is 2. The Morgan fingerprint density at radius 1 is 1.29 bits per heavy atom. The topological polar surface area (TPSA) is 76.2 Å². The number of fused-ring (bicyclic) bond motifs is 1. The summed E-state index contributed by atoms with van der Waals surface area (Å²) in [6.07, 6.45) is 1.68. The maximum atomic E-state index is 12.2. The van der Waals surface area contributed by atoms with Gasteiger partial charge in [-0.05, 0) is 43.2 Å². The van der Waals surface area contributed by atoms with Gasteiger partial charge in [0.2, 0.25) is 5.88 Å². The number of nitrogens with zero attached hydrogens (tertiary/aromatic N) is 3. The van der Waals surface area contributed by atoms with E-state index in [9.17, 15) is 9.90 Å². The molecule has 0 bridgehead atoms. The molecule has 3 aromatic rings. The van der Waals surface area contributed by atoms with E-state index in [4.69, 9.17) is 4.74 Å². The zero-order valence-electron chi connectivity index (χ0n) is 15.6. The van der Waals surface area contributed by atoms with E-state index < -0.39 is 5.91 Å². The highest BCUT2D eigenvalue weighted by atomic mass is 79.9.